The van der Waals surface area contributed by atoms with Gasteiger partial charge in [0, 0.05) is 18.3 Å². The molecule has 1 aliphatic rings. The second-order valence-corrected chi connectivity index (χ2v) is 4.08. The van der Waals surface area contributed by atoms with Crippen molar-refractivity contribution < 1.29 is 9.90 Å². The molecule has 1 aliphatic carbocycles. The first-order valence-electron chi connectivity index (χ1n) is 5.44. The van der Waals surface area contributed by atoms with Crippen molar-refractivity contribution in [3.05, 3.63) is 17.6 Å². The van der Waals surface area contributed by atoms with Crippen molar-refractivity contribution in [2.24, 2.45) is 0 Å². The van der Waals surface area contributed by atoms with Crippen LogP contribution in [0.3, 0.4) is 0 Å². The zero-order chi connectivity index (χ0) is 11.5. The van der Waals surface area contributed by atoms with Gasteiger partial charge >= 0.3 is 5.97 Å². The third kappa shape index (κ3) is 2.13. The Bertz CT molecular complexity index is 406. The van der Waals surface area contributed by atoms with Gasteiger partial charge in [-0.3, -0.25) is 4.79 Å². The number of carboxylic acid groups (broad SMARTS) is 1. The number of likely N-dealkylation sites (N-methyl/N-ethyl adjacent to an activating group) is 1. The van der Waals surface area contributed by atoms with Crippen LogP contribution < -0.4 is 4.90 Å². The van der Waals surface area contributed by atoms with E-state index >= 15 is 0 Å². The molecule has 0 bridgehead atoms. The normalized spacial score (nSPS) is 14.3. The van der Waals surface area contributed by atoms with E-state index < -0.39 is 5.97 Å². The molecule has 0 aromatic carbocycles. The SMILES string of the molecule is CN(CC(=O)O)c1ncnc2c1CCCC2. The maximum atomic E-state index is 10.7. The summed E-state index contributed by atoms with van der Waals surface area (Å²) in [5, 5.41) is 8.76. The highest BCUT2D eigenvalue weighted by atomic mass is 16.4. The number of anilines is 1. The summed E-state index contributed by atoms with van der Waals surface area (Å²) in [6.07, 6.45) is 5.75. The maximum Gasteiger partial charge on any atom is 0.323 e. The molecule has 2 rings (SSSR count). The fourth-order valence-electron chi connectivity index (χ4n) is 2.11. The van der Waals surface area contributed by atoms with Gasteiger partial charge in [-0.1, -0.05) is 0 Å². The largest absolute Gasteiger partial charge is 0.480 e. The van der Waals surface area contributed by atoms with Crippen molar-refractivity contribution in [2.75, 3.05) is 18.5 Å². The average Bonchev–Trinajstić information content (AvgIpc) is 2.27. The molecule has 1 N–H and O–H groups in total. The molecule has 0 atom stereocenters. The van der Waals surface area contributed by atoms with E-state index in [1.807, 2.05) is 0 Å². The van der Waals surface area contributed by atoms with E-state index in [0.717, 1.165) is 42.8 Å². The Labute approximate surface area is 94.1 Å². The molecule has 5 heteroatoms. The summed E-state index contributed by atoms with van der Waals surface area (Å²) < 4.78 is 0. The first kappa shape index (κ1) is 10.9. The molecule has 5 nitrogen and oxygen atoms in total. The quantitative estimate of drug-likeness (QED) is 0.820. The van der Waals surface area contributed by atoms with Gasteiger partial charge < -0.3 is 10.0 Å². The number of carbonyl (C=O) groups is 1. The van der Waals surface area contributed by atoms with E-state index in [2.05, 4.69) is 9.97 Å². The fourth-order valence-corrected chi connectivity index (χ4v) is 2.11. The van der Waals surface area contributed by atoms with Gasteiger partial charge in [0.05, 0.1) is 0 Å². The Morgan fingerprint density at radius 3 is 2.94 bits per heavy atom. The van der Waals surface area contributed by atoms with Gasteiger partial charge in [-0.05, 0) is 25.7 Å². The van der Waals surface area contributed by atoms with Crippen LogP contribution in [-0.4, -0.2) is 34.6 Å². The lowest BCUT2D eigenvalue weighted by Gasteiger charge is -2.23. The minimum atomic E-state index is -0.842. The van der Waals surface area contributed by atoms with E-state index in [0.29, 0.717) is 0 Å². The van der Waals surface area contributed by atoms with Gasteiger partial charge in [0.25, 0.3) is 0 Å². The Morgan fingerprint density at radius 1 is 1.44 bits per heavy atom. The second kappa shape index (κ2) is 4.47. The Kier molecular flexibility index (Phi) is 3.03. The van der Waals surface area contributed by atoms with Crippen LogP contribution in [0, 0.1) is 0 Å². The van der Waals surface area contributed by atoms with Crippen LogP contribution in [0.1, 0.15) is 24.1 Å². The summed E-state index contributed by atoms with van der Waals surface area (Å²) >= 11 is 0. The molecule has 0 radical (unpaired) electrons. The number of hydrogen-bond donors (Lipinski definition) is 1. The molecule has 1 heterocycles. The fraction of sp³-hybridized carbons (Fsp3) is 0.545. The first-order valence-corrected chi connectivity index (χ1v) is 5.44. The van der Waals surface area contributed by atoms with Crippen LogP contribution in [0.2, 0.25) is 0 Å². The monoisotopic (exact) mass is 221 g/mol. The van der Waals surface area contributed by atoms with Gasteiger partial charge in [0.2, 0.25) is 0 Å². The molecule has 0 spiro atoms. The number of aliphatic carboxylic acids is 1. The highest BCUT2D eigenvalue weighted by Gasteiger charge is 2.18. The lowest BCUT2D eigenvalue weighted by Crippen LogP contribution is -2.28. The van der Waals surface area contributed by atoms with Crippen LogP contribution >= 0.6 is 0 Å². The van der Waals surface area contributed by atoms with Crippen molar-refractivity contribution >= 4 is 11.8 Å². The van der Waals surface area contributed by atoms with Crippen molar-refractivity contribution in [1.82, 2.24) is 9.97 Å². The van der Waals surface area contributed by atoms with E-state index in [-0.39, 0.29) is 6.54 Å². The summed E-state index contributed by atoms with van der Waals surface area (Å²) in [6, 6.07) is 0. The number of carboxylic acids is 1. The predicted octanol–water partition coefficient (Wildman–Crippen LogP) is 0.876. The summed E-state index contributed by atoms with van der Waals surface area (Å²) in [4.78, 5) is 20.8. The molecular weight excluding hydrogens is 206 g/mol. The molecule has 0 saturated carbocycles. The van der Waals surface area contributed by atoms with Gasteiger partial charge in [0.15, 0.2) is 0 Å². The van der Waals surface area contributed by atoms with Crippen molar-refractivity contribution in [2.45, 2.75) is 25.7 Å². The topological polar surface area (TPSA) is 66.3 Å². The Morgan fingerprint density at radius 2 is 2.19 bits per heavy atom. The van der Waals surface area contributed by atoms with Gasteiger partial charge in [-0.2, -0.15) is 0 Å². The third-order valence-electron chi connectivity index (χ3n) is 2.84. The molecule has 0 fully saturated rings. The molecule has 86 valence electrons. The molecular formula is C11H15N3O2. The van der Waals surface area contributed by atoms with E-state index in [1.54, 1.807) is 11.9 Å². The van der Waals surface area contributed by atoms with Crippen LogP contribution in [-0.2, 0) is 17.6 Å². The Hall–Kier alpha value is -1.65. The maximum absolute atomic E-state index is 10.7. The minimum absolute atomic E-state index is 0.0244. The lowest BCUT2D eigenvalue weighted by molar-refractivity contribution is -0.135. The summed E-state index contributed by atoms with van der Waals surface area (Å²) in [6.45, 7) is -0.0244. The van der Waals surface area contributed by atoms with Crippen LogP contribution in [0.25, 0.3) is 0 Å². The third-order valence-corrected chi connectivity index (χ3v) is 2.84. The van der Waals surface area contributed by atoms with E-state index in [4.69, 9.17) is 5.11 Å². The molecule has 0 unspecified atom stereocenters. The molecule has 0 saturated heterocycles. The Balaban J connectivity index is 2.29. The number of fused-ring (bicyclic) bond motifs is 1. The minimum Gasteiger partial charge on any atom is -0.480 e. The van der Waals surface area contributed by atoms with Crippen LogP contribution in [0.4, 0.5) is 5.82 Å². The van der Waals surface area contributed by atoms with Gasteiger partial charge in [-0.15, -0.1) is 0 Å². The van der Waals surface area contributed by atoms with Crippen molar-refractivity contribution in [3.63, 3.8) is 0 Å². The summed E-state index contributed by atoms with van der Waals surface area (Å²) in [7, 11) is 1.76. The average molecular weight is 221 g/mol. The number of aryl methyl sites for hydroxylation is 1. The van der Waals surface area contributed by atoms with Crippen molar-refractivity contribution in [1.29, 1.82) is 0 Å². The highest BCUT2D eigenvalue weighted by Crippen LogP contribution is 2.26. The highest BCUT2D eigenvalue weighted by molar-refractivity contribution is 5.73. The number of rotatable bonds is 3. The van der Waals surface area contributed by atoms with Crippen LogP contribution in [0.15, 0.2) is 6.33 Å². The number of hydrogen-bond acceptors (Lipinski definition) is 4. The van der Waals surface area contributed by atoms with Crippen LogP contribution in [0.5, 0.6) is 0 Å². The second-order valence-electron chi connectivity index (χ2n) is 4.08. The zero-order valence-electron chi connectivity index (χ0n) is 9.31. The summed E-state index contributed by atoms with van der Waals surface area (Å²) in [5.74, 6) is -0.0715. The molecule has 1 aromatic rings. The standard InChI is InChI=1S/C11H15N3O2/c1-14(6-10(15)16)11-8-4-2-3-5-9(8)12-7-13-11/h7H,2-6H2,1H3,(H,15,16). The van der Waals surface area contributed by atoms with Crippen molar-refractivity contribution in [3.8, 4) is 0 Å². The summed E-state index contributed by atoms with van der Waals surface area (Å²) in [5.41, 5.74) is 2.20. The molecule has 0 amide bonds. The van der Waals surface area contributed by atoms with E-state index in [9.17, 15) is 4.79 Å². The number of aromatic nitrogens is 2. The lowest BCUT2D eigenvalue weighted by atomic mass is 9.96. The molecule has 1 aromatic heterocycles. The predicted molar refractivity (Wildman–Crippen MR) is 59.6 cm³/mol. The van der Waals surface area contributed by atoms with Gasteiger partial charge in [-0.25, -0.2) is 9.97 Å². The zero-order valence-corrected chi connectivity index (χ0v) is 9.31. The van der Waals surface area contributed by atoms with E-state index in [1.165, 1.54) is 6.33 Å². The number of nitrogens with zero attached hydrogens (tertiary/aromatic N) is 3. The first-order chi connectivity index (χ1) is 7.68. The molecule has 0 aliphatic heterocycles. The van der Waals surface area contributed by atoms with Gasteiger partial charge in [0.1, 0.15) is 18.7 Å². The smallest absolute Gasteiger partial charge is 0.323 e. The molecule has 16 heavy (non-hydrogen) atoms.